The molecule has 21 heavy (non-hydrogen) atoms. The molecule has 118 valence electrons. The first-order valence-corrected chi connectivity index (χ1v) is 8.62. The molecule has 1 aromatic rings. The summed E-state index contributed by atoms with van der Waals surface area (Å²) in [5.41, 5.74) is 1.31. The molecule has 1 fully saturated rings. The number of hydrogen-bond donors (Lipinski definition) is 1. The van der Waals surface area contributed by atoms with Gasteiger partial charge in [-0.3, -0.25) is 0 Å². The van der Waals surface area contributed by atoms with Gasteiger partial charge in [0.25, 0.3) is 0 Å². The van der Waals surface area contributed by atoms with E-state index < -0.39 is 0 Å². The van der Waals surface area contributed by atoms with Crippen LogP contribution in [0.2, 0.25) is 0 Å². The molecular weight excluding hydrogens is 260 g/mol. The Morgan fingerprint density at radius 3 is 2.57 bits per heavy atom. The van der Waals surface area contributed by atoms with Gasteiger partial charge in [-0.15, -0.1) is 0 Å². The number of hydrogen-bond acceptors (Lipinski definition) is 4. The van der Waals surface area contributed by atoms with Crippen molar-refractivity contribution in [2.24, 2.45) is 5.92 Å². The Hall–Kier alpha value is -1.32. The van der Waals surface area contributed by atoms with Crippen molar-refractivity contribution < 1.29 is 0 Å². The summed E-state index contributed by atoms with van der Waals surface area (Å²) in [4.78, 5) is 11.6. The lowest BCUT2D eigenvalue weighted by molar-refractivity contribution is 0.691. The Balaban J connectivity index is 2.24. The summed E-state index contributed by atoms with van der Waals surface area (Å²) >= 11 is 0. The average molecular weight is 290 g/mol. The van der Waals surface area contributed by atoms with Gasteiger partial charge in [0.1, 0.15) is 18.0 Å². The van der Waals surface area contributed by atoms with Gasteiger partial charge in [0.15, 0.2) is 0 Å². The van der Waals surface area contributed by atoms with E-state index in [0.717, 1.165) is 50.6 Å². The number of nitrogens with one attached hydrogen (secondary N) is 1. The normalized spacial score (nSPS) is 14.2. The third-order valence-electron chi connectivity index (χ3n) is 3.93. The van der Waals surface area contributed by atoms with Crippen LogP contribution in [0.3, 0.4) is 0 Å². The van der Waals surface area contributed by atoms with Crippen molar-refractivity contribution in [3.05, 3.63) is 11.9 Å². The highest BCUT2D eigenvalue weighted by molar-refractivity contribution is 5.59. The van der Waals surface area contributed by atoms with E-state index in [4.69, 9.17) is 0 Å². The quantitative estimate of drug-likeness (QED) is 0.710. The summed E-state index contributed by atoms with van der Waals surface area (Å²) in [7, 11) is 0. The molecular formula is C17H30N4. The van der Waals surface area contributed by atoms with E-state index in [0.29, 0.717) is 0 Å². The maximum atomic E-state index is 4.64. The van der Waals surface area contributed by atoms with Crippen LogP contribution < -0.4 is 10.2 Å². The maximum absolute atomic E-state index is 4.64. The molecule has 4 nitrogen and oxygen atoms in total. The zero-order chi connectivity index (χ0) is 15.1. The van der Waals surface area contributed by atoms with Crippen molar-refractivity contribution in [2.45, 2.75) is 59.3 Å². The molecule has 1 heterocycles. The van der Waals surface area contributed by atoms with Crippen molar-refractivity contribution in [1.82, 2.24) is 9.97 Å². The lowest BCUT2D eigenvalue weighted by atomic mass is 10.1. The fourth-order valence-corrected chi connectivity index (χ4v) is 2.72. The van der Waals surface area contributed by atoms with Gasteiger partial charge in [0.2, 0.25) is 0 Å². The Morgan fingerprint density at radius 1 is 1.14 bits per heavy atom. The molecule has 1 aliphatic carbocycles. The first kappa shape index (κ1) is 16.1. The zero-order valence-corrected chi connectivity index (χ0v) is 13.9. The van der Waals surface area contributed by atoms with E-state index in [2.05, 4.69) is 41.0 Å². The molecule has 4 heteroatoms. The highest BCUT2D eigenvalue weighted by Crippen LogP contribution is 2.33. The first-order chi connectivity index (χ1) is 10.3. The number of aromatic nitrogens is 2. The zero-order valence-electron chi connectivity index (χ0n) is 13.9. The van der Waals surface area contributed by atoms with Crippen LogP contribution in [0.1, 0.15) is 58.4 Å². The maximum Gasteiger partial charge on any atom is 0.137 e. The molecule has 1 aromatic heterocycles. The largest absolute Gasteiger partial charge is 0.370 e. The van der Waals surface area contributed by atoms with Crippen molar-refractivity contribution in [3.8, 4) is 0 Å². The molecule has 1 aliphatic rings. The van der Waals surface area contributed by atoms with Crippen LogP contribution in [-0.4, -0.2) is 29.6 Å². The van der Waals surface area contributed by atoms with Gasteiger partial charge in [0, 0.05) is 25.2 Å². The molecule has 2 rings (SSSR count). The van der Waals surface area contributed by atoms with Crippen LogP contribution in [0.25, 0.3) is 0 Å². The van der Waals surface area contributed by atoms with E-state index in [1.54, 1.807) is 6.33 Å². The second kappa shape index (κ2) is 8.20. The minimum absolute atomic E-state index is 0.882. The summed E-state index contributed by atoms with van der Waals surface area (Å²) in [5, 5.41) is 3.48. The predicted octanol–water partition coefficient (Wildman–Crippen LogP) is 3.88. The van der Waals surface area contributed by atoms with Crippen molar-refractivity contribution in [1.29, 1.82) is 0 Å². The monoisotopic (exact) mass is 290 g/mol. The lowest BCUT2D eigenvalue weighted by Crippen LogP contribution is -2.29. The number of nitrogens with zero attached hydrogens (tertiary/aromatic N) is 3. The molecule has 0 radical (unpaired) electrons. The molecule has 0 aromatic carbocycles. The van der Waals surface area contributed by atoms with Gasteiger partial charge in [-0.05, 0) is 38.0 Å². The molecule has 0 atom stereocenters. The highest BCUT2D eigenvalue weighted by Gasteiger charge is 2.26. The standard InChI is InChI=1S/C17H30N4/c1-4-7-15-16(18-10-5-2)19-13-20-17(15)21(11-6-3)12-14-8-9-14/h13-14H,4-12H2,1-3H3,(H,18,19,20). The summed E-state index contributed by atoms with van der Waals surface area (Å²) in [5.74, 6) is 3.09. The topological polar surface area (TPSA) is 41.1 Å². The van der Waals surface area contributed by atoms with E-state index in [1.807, 2.05) is 0 Å². The molecule has 0 unspecified atom stereocenters. The average Bonchev–Trinajstić information content (AvgIpc) is 3.30. The van der Waals surface area contributed by atoms with Crippen molar-refractivity contribution >= 4 is 11.6 Å². The third kappa shape index (κ3) is 4.58. The van der Waals surface area contributed by atoms with Crippen LogP contribution in [0, 0.1) is 5.92 Å². The first-order valence-electron chi connectivity index (χ1n) is 8.62. The Labute approximate surface area is 129 Å². The number of rotatable bonds is 10. The Morgan fingerprint density at radius 2 is 1.95 bits per heavy atom. The number of anilines is 2. The smallest absolute Gasteiger partial charge is 0.137 e. The summed E-state index contributed by atoms with van der Waals surface area (Å²) < 4.78 is 0. The van der Waals surface area contributed by atoms with Crippen LogP contribution in [-0.2, 0) is 6.42 Å². The van der Waals surface area contributed by atoms with Crippen LogP contribution >= 0.6 is 0 Å². The van der Waals surface area contributed by atoms with Gasteiger partial charge in [-0.25, -0.2) is 9.97 Å². The molecule has 0 saturated heterocycles. The minimum atomic E-state index is 0.882. The van der Waals surface area contributed by atoms with E-state index in [1.165, 1.54) is 30.6 Å². The van der Waals surface area contributed by atoms with Crippen molar-refractivity contribution in [3.63, 3.8) is 0 Å². The van der Waals surface area contributed by atoms with Gasteiger partial charge >= 0.3 is 0 Å². The fraction of sp³-hybridized carbons (Fsp3) is 0.765. The second-order valence-corrected chi connectivity index (χ2v) is 6.09. The fourth-order valence-electron chi connectivity index (χ4n) is 2.72. The SMILES string of the molecule is CCCNc1ncnc(N(CCC)CC2CC2)c1CCC. The lowest BCUT2D eigenvalue weighted by Gasteiger charge is -2.26. The molecule has 0 aliphatic heterocycles. The molecule has 1 N–H and O–H groups in total. The van der Waals surface area contributed by atoms with E-state index >= 15 is 0 Å². The molecule has 0 bridgehead atoms. The Bertz CT molecular complexity index is 429. The van der Waals surface area contributed by atoms with E-state index in [-0.39, 0.29) is 0 Å². The van der Waals surface area contributed by atoms with Crippen molar-refractivity contribution in [2.75, 3.05) is 29.9 Å². The van der Waals surface area contributed by atoms with Gasteiger partial charge in [0.05, 0.1) is 0 Å². The molecule has 0 amide bonds. The Kier molecular flexibility index (Phi) is 6.27. The minimum Gasteiger partial charge on any atom is -0.370 e. The van der Waals surface area contributed by atoms with Crippen LogP contribution in [0.15, 0.2) is 6.33 Å². The third-order valence-corrected chi connectivity index (χ3v) is 3.93. The summed E-state index contributed by atoms with van der Waals surface area (Å²) in [6.45, 7) is 9.89. The van der Waals surface area contributed by atoms with E-state index in [9.17, 15) is 0 Å². The van der Waals surface area contributed by atoms with Crippen LogP contribution in [0.5, 0.6) is 0 Å². The molecule has 1 saturated carbocycles. The van der Waals surface area contributed by atoms with Gasteiger partial charge in [-0.2, -0.15) is 0 Å². The summed E-state index contributed by atoms with van der Waals surface area (Å²) in [6, 6.07) is 0. The van der Waals surface area contributed by atoms with Crippen LogP contribution in [0.4, 0.5) is 11.6 Å². The summed E-state index contributed by atoms with van der Waals surface area (Å²) in [6.07, 6.45) is 8.95. The van der Waals surface area contributed by atoms with Gasteiger partial charge in [-0.1, -0.05) is 27.2 Å². The highest BCUT2D eigenvalue weighted by atomic mass is 15.2. The molecule has 0 spiro atoms. The second-order valence-electron chi connectivity index (χ2n) is 6.09. The predicted molar refractivity (Wildman–Crippen MR) is 90.0 cm³/mol. The van der Waals surface area contributed by atoms with Gasteiger partial charge < -0.3 is 10.2 Å².